The predicted molar refractivity (Wildman–Crippen MR) is 63.5 cm³/mol. The van der Waals surface area contributed by atoms with Gasteiger partial charge in [0.25, 0.3) is 5.91 Å². The average molecular weight is 256 g/mol. The van der Waals surface area contributed by atoms with Gasteiger partial charge in [-0.05, 0) is 28.6 Å². The fourth-order valence-electron chi connectivity index (χ4n) is 1.51. The van der Waals surface area contributed by atoms with Gasteiger partial charge in [-0.15, -0.1) is 5.10 Å². The van der Waals surface area contributed by atoms with Gasteiger partial charge in [0.1, 0.15) is 6.33 Å². The fraction of sp³-hybridized carbons (Fsp3) is 0. The molecular formula is C10H8N8O. The average Bonchev–Trinajstić information content (AvgIpc) is 3.13. The maximum atomic E-state index is 11.8. The summed E-state index contributed by atoms with van der Waals surface area (Å²) in [6, 6.07) is 7.11. The zero-order chi connectivity index (χ0) is 13.1. The van der Waals surface area contributed by atoms with Gasteiger partial charge in [0.15, 0.2) is 5.69 Å². The number of benzene rings is 1. The van der Waals surface area contributed by atoms with Crippen molar-refractivity contribution in [3.8, 4) is 5.69 Å². The zero-order valence-corrected chi connectivity index (χ0v) is 9.56. The molecule has 0 unspecified atom stereocenters. The van der Waals surface area contributed by atoms with Crippen molar-refractivity contribution >= 4 is 11.6 Å². The summed E-state index contributed by atoms with van der Waals surface area (Å²) in [5, 5.41) is 23.2. The van der Waals surface area contributed by atoms with Gasteiger partial charge >= 0.3 is 0 Å². The molecule has 0 aliphatic carbocycles. The number of hydrogen-bond donors (Lipinski definition) is 2. The lowest BCUT2D eigenvalue weighted by Gasteiger charge is -2.05. The van der Waals surface area contributed by atoms with Crippen LogP contribution in [0.3, 0.4) is 0 Å². The van der Waals surface area contributed by atoms with Crippen LogP contribution in [0.5, 0.6) is 0 Å². The fourth-order valence-corrected chi connectivity index (χ4v) is 1.51. The van der Waals surface area contributed by atoms with Crippen LogP contribution in [0.1, 0.15) is 10.5 Å². The Balaban J connectivity index is 1.82. The summed E-state index contributed by atoms with van der Waals surface area (Å²) in [6.45, 7) is 0. The lowest BCUT2D eigenvalue weighted by Crippen LogP contribution is -2.12. The number of nitrogens with one attached hydrogen (secondary N) is 2. The smallest absolute Gasteiger partial charge is 0.277 e. The highest BCUT2D eigenvalue weighted by Gasteiger charge is 2.09. The first-order chi connectivity index (χ1) is 9.33. The minimum Gasteiger partial charge on any atom is -0.320 e. The number of aromatic nitrogens is 7. The van der Waals surface area contributed by atoms with Gasteiger partial charge < -0.3 is 5.32 Å². The van der Waals surface area contributed by atoms with Crippen LogP contribution in [0.25, 0.3) is 5.69 Å². The number of carbonyl (C=O) groups excluding carboxylic acids is 1. The van der Waals surface area contributed by atoms with Gasteiger partial charge in [0.2, 0.25) is 0 Å². The van der Waals surface area contributed by atoms with Crippen molar-refractivity contribution in [3.63, 3.8) is 0 Å². The number of nitrogens with zero attached hydrogens (tertiary/aromatic N) is 6. The number of H-pyrrole nitrogens is 1. The van der Waals surface area contributed by atoms with E-state index in [4.69, 9.17) is 0 Å². The second kappa shape index (κ2) is 4.64. The van der Waals surface area contributed by atoms with Gasteiger partial charge in [-0.1, -0.05) is 6.07 Å². The normalized spacial score (nSPS) is 10.3. The van der Waals surface area contributed by atoms with Crippen LogP contribution in [0.4, 0.5) is 5.69 Å². The van der Waals surface area contributed by atoms with Crippen LogP contribution in [0.15, 0.2) is 36.8 Å². The lowest BCUT2D eigenvalue weighted by molar-refractivity contribution is 0.102. The molecule has 19 heavy (non-hydrogen) atoms. The molecule has 0 radical (unpaired) electrons. The van der Waals surface area contributed by atoms with Crippen LogP contribution in [-0.4, -0.2) is 41.5 Å². The Morgan fingerprint density at radius 1 is 1.37 bits per heavy atom. The Kier molecular flexibility index (Phi) is 2.69. The van der Waals surface area contributed by atoms with Crippen molar-refractivity contribution in [2.75, 3.05) is 5.32 Å². The van der Waals surface area contributed by atoms with Crippen molar-refractivity contribution < 1.29 is 4.79 Å². The summed E-state index contributed by atoms with van der Waals surface area (Å²) in [5.74, 6) is -0.345. The molecule has 9 nitrogen and oxygen atoms in total. The van der Waals surface area contributed by atoms with E-state index >= 15 is 0 Å². The molecule has 0 saturated carbocycles. The zero-order valence-electron chi connectivity index (χ0n) is 9.56. The van der Waals surface area contributed by atoms with Crippen molar-refractivity contribution in [2.24, 2.45) is 0 Å². The number of aromatic amines is 1. The van der Waals surface area contributed by atoms with E-state index in [2.05, 4.69) is 36.3 Å². The first-order valence-corrected chi connectivity index (χ1v) is 5.33. The number of hydrogen-bond acceptors (Lipinski definition) is 6. The summed E-state index contributed by atoms with van der Waals surface area (Å²) in [4.78, 5) is 11.8. The van der Waals surface area contributed by atoms with Crippen molar-refractivity contribution in [2.45, 2.75) is 0 Å². The SMILES string of the molecule is O=C(Nc1cccc(-n2cnnn2)c1)c1cn[nH]n1. The Bertz CT molecular complexity index is 675. The minimum atomic E-state index is -0.345. The van der Waals surface area contributed by atoms with Crippen LogP contribution < -0.4 is 5.32 Å². The number of anilines is 1. The van der Waals surface area contributed by atoms with Crippen molar-refractivity contribution in [1.29, 1.82) is 0 Å². The Morgan fingerprint density at radius 3 is 3.05 bits per heavy atom. The molecule has 3 aromatic rings. The van der Waals surface area contributed by atoms with Gasteiger partial charge in [-0.2, -0.15) is 15.4 Å². The standard InChI is InChI=1S/C10H8N8O/c19-10(9-5-11-15-14-9)13-7-2-1-3-8(4-7)18-6-12-16-17-18/h1-6H,(H,13,19)(H,11,14,15). The molecule has 0 spiro atoms. The summed E-state index contributed by atoms with van der Waals surface area (Å²) < 4.78 is 1.49. The Hall–Kier alpha value is -3.10. The molecule has 0 aliphatic rings. The topological polar surface area (TPSA) is 114 Å². The third-order valence-electron chi connectivity index (χ3n) is 2.37. The summed E-state index contributed by atoms with van der Waals surface area (Å²) >= 11 is 0. The van der Waals surface area contributed by atoms with Crippen LogP contribution >= 0.6 is 0 Å². The second-order valence-electron chi connectivity index (χ2n) is 3.61. The lowest BCUT2D eigenvalue weighted by atomic mass is 10.2. The summed E-state index contributed by atoms with van der Waals surface area (Å²) in [7, 11) is 0. The molecule has 2 aromatic heterocycles. The van der Waals surface area contributed by atoms with Crippen LogP contribution in [0, 0.1) is 0 Å². The maximum Gasteiger partial charge on any atom is 0.277 e. The molecule has 3 rings (SSSR count). The highest BCUT2D eigenvalue weighted by atomic mass is 16.2. The molecule has 0 saturated heterocycles. The van der Waals surface area contributed by atoms with E-state index in [1.54, 1.807) is 18.2 Å². The number of rotatable bonds is 3. The number of carbonyl (C=O) groups is 1. The van der Waals surface area contributed by atoms with E-state index in [0.717, 1.165) is 5.69 Å². The first-order valence-electron chi connectivity index (χ1n) is 5.33. The predicted octanol–water partition coefficient (Wildman–Crippen LogP) is 0.0327. The van der Waals surface area contributed by atoms with E-state index in [1.165, 1.54) is 17.2 Å². The van der Waals surface area contributed by atoms with E-state index in [0.29, 0.717) is 5.69 Å². The van der Waals surface area contributed by atoms with Crippen molar-refractivity contribution in [3.05, 3.63) is 42.5 Å². The largest absolute Gasteiger partial charge is 0.320 e. The van der Waals surface area contributed by atoms with Gasteiger partial charge in [-0.25, -0.2) is 4.68 Å². The molecule has 1 amide bonds. The third-order valence-corrected chi connectivity index (χ3v) is 2.37. The Morgan fingerprint density at radius 2 is 2.32 bits per heavy atom. The molecule has 0 aliphatic heterocycles. The van der Waals surface area contributed by atoms with Crippen LogP contribution in [0.2, 0.25) is 0 Å². The molecule has 0 atom stereocenters. The third kappa shape index (κ3) is 2.29. The highest BCUT2D eigenvalue weighted by molar-refractivity contribution is 6.02. The monoisotopic (exact) mass is 256 g/mol. The molecular weight excluding hydrogens is 248 g/mol. The summed E-state index contributed by atoms with van der Waals surface area (Å²) in [6.07, 6.45) is 2.82. The van der Waals surface area contributed by atoms with E-state index in [1.807, 2.05) is 6.07 Å². The number of tetrazole rings is 1. The first kappa shape index (κ1) is 11.0. The van der Waals surface area contributed by atoms with E-state index in [-0.39, 0.29) is 11.6 Å². The molecule has 0 fully saturated rings. The van der Waals surface area contributed by atoms with Crippen LogP contribution in [-0.2, 0) is 0 Å². The van der Waals surface area contributed by atoms with Gasteiger partial charge in [0.05, 0.1) is 11.9 Å². The molecule has 94 valence electrons. The maximum absolute atomic E-state index is 11.8. The van der Waals surface area contributed by atoms with E-state index < -0.39 is 0 Å². The molecule has 0 bridgehead atoms. The number of amides is 1. The minimum absolute atomic E-state index is 0.216. The second-order valence-corrected chi connectivity index (χ2v) is 3.61. The van der Waals surface area contributed by atoms with Crippen molar-refractivity contribution in [1.82, 2.24) is 35.6 Å². The highest BCUT2D eigenvalue weighted by Crippen LogP contribution is 2.13. The Labute approximate surface area is 106 Å². The molecule has 2 heterocycles. The van der Waals surface area contributed by atoms with E-state index in [9.17, 15) is 4.79 Å². The quantitative estimate of drug-likeness (QED) is 0.683. The van der Waals surface area contributed by atoms with Gasteiger partial charge in [0, 0.05) is 5.69 Å². The molecule has 2 N–H and O–H groups in total. The molecule has 9 heteroatoms. The molecule has 1 aromatic carbocycles. The van der Waals surface area contributed by atoms with Gasteiger partial charge in [-0.3, -0.25) is 4.79 Å². The summed E-state index contributed by atoms with van der Waals surface area (Å²) in [5.41, 5.74) is 1.57.